The predicted octanol–water partition coefficient (Wildman–Crippen LogP) is 21.3. The van der Waals surface area contributed by atoms with E-state index in [9.17, 15) is 43.2 Å². The molecule has 0 aromatic heterocycles. The maximum atomic E-state index is 13.1. The largest absolute Gasteiger partial charge is 0.472 e. The molecule has 6 atom stereocenters. The first-order valence-electron chi connectivity index (χ1n) is 38.2. The van der Waals surface area contributed by atoms with Gasteiger partial charge in [0, 0.05) is 25.7 Å². The van der Waals surface area contributed by atoms with E-state index in [2.05, 4.69) is 34.6 Å². The quantitative estimate of drug-likeness (QED) is 0.0222. The Morgan fingerprint density at radius 3 is 0.772 bits per heavy atom. The highest BCUT2D eigenvalue weighted by Gasteiger charge is 2.30. The van der Waals surface area contributed by atoms with Crippen molar-refractivity contribution in [1.29, 1.82) is 0 Å². The molecule has 92 heavy (non-hydrogen) atoms. The van der Waals surface area contributed by atoms with Gasteiger partial charge < -0.3 is 33.8 Å². The fourth-order valence-electron chi connectivity index (χ4n) is 11.1. The van der Waals surface area contributed by atoms with Gasteiger partial charge in [-0.05, 0) is 31.6 Å². The zero-order valence-corrected chi connectivity index (χ0v) is 61.5. The first-order valence-corrected chi connectivity index (χ1v) is 41.2. The van der Waals surface area contributed by atoms with Gasteiger partial charge in [-0.25, -0.2) is 9.13 Å². The van der Waals surface area contributed by atoms with E-state index in [0.29, 0.717) is 25.7 Å². The van der Waals surface area contributed by atoms with Crippen molar-refractivity contribution in [2.45, 2.75) is 400 Å². The minimum Gasteiger partial charge on any atom is -0.462 e. The van der Waals surface area contributed by atoms with Crippen LogP contribution >= 0.6 is 15.6 Å². The number of phosphoric acid groups is 2. The molecule has 0 bridgehead atoms. The lowest BCUT2D eigenvalue weighted by Crippen LogP contribution is -2.30. The molecule has 0 aromatic carbocycles. The van der Waals surface area contributed by atoms with Crippen LogP contribution in [0.5, 0.6) is 0 Å². The molecule has 19 heteroatoms. The molecule has 0 aliphatic rings. The average Bonchev–Trinajstić information content (AvgIpc) is 2.87. The summed E-state index contributed by atoms with van der Waals surface area (Å²) in [5.41, 5.74) is 0. The number of hydrogen-bond donors (Lipinski definition) is 3. The topological polar surface area (TPSA) is 237 Å². The summed E-state index contributed by atoms with van der Waals surface area (Å²) < 4.78 is 68.4. The Labute approximate surface area is 562 Å². The SMILES string of the molecule is CCCCCCCCCCCCCCCCCCC(=O)O[C@H](COC(=O)CCCCCCCCCCCCCCCC)COP(=O)(O)OC[C@@H](O)COP(=O)(O)OC[C@@H](COC(=O)CCCCCCCCCCCC)OC(=O)CCCCCCCCCCC(C)CC. The number of carbonyl (C=O) groups excluding carboxylic acids is 4. The third kappa shape index (κ3) is 65.4. The lowest BCUT2D eigenvalue weighted by Gasteiger charge is -2.21. The van der Waals surface area contributed by atoms with Crippen LogP contribution in [0.2, 0.25) is 0 Å². The number of hydrogen-bond acceptors (Lipinski definition) is 15. The zero-order valence-electron chi connectivity index (χ0n) is 59.7. The van der Waals surface area contributed by atoms with Gasteiger partial charge in [-0.15, -0.1) is 0 Å². The van der Waals surface area contributed by atoms with Crippen molar-refractivity contribution in [2.75, 3.05) is 39.6 Å². The highest BCUT2D eigenvalue weighted by atomic mass is 31.2. The minimum atomic E-state index is -4.95. The number of rotatable bonds is 73. The Balaban J connectivity index is 5.25. The number of aliphatic hydroxyl groups is 1. The van der Waals surface area contributed by atoms with Crippen LogP contribution in [0, 0.1) is 5.92 Å². The number of carbonyl (C=O) groups is 4. The molecular weight excluding hydrogens is 1210 g/mol. The summed E-state index contributed by atoms with van der Waals surface area (Å²) in [7, 11) is -9.90. The van der Waals surface area contributed by atoms with Gasteiger partial charge in [0.25, 0.3) is 0 Å². The third-order valence-corrected chi connectivity index (χ3v) is 19.3. The minimum absolute atomic E-state index is 0.105. The van der Waals surface area contributed by atoms with E-state index >= 15 is 0 Å². The molecule has 0 aliphatic carbocycles. The first kappa shape index (κ1) is 90.1. The Morgan fingerprint density at radius 2 is 0.522 bits per heavy atom. The Morgan fingerprint density at radius 1 is 0.304 bits per heavy atom. The van der Waals surface area contributed by atoms with Crippen molar-refractivity contribution in [3.05, 3.63) is 0 Å². The molecule has 0 saturated carbocycles. The summed E-state index contributed by atoms with van der Waals surface area (Å²) in [6, 6.07) is 0. The molecule has 0 aromatic rings. The van der Waals surface area contributed by atoms with Gasteiger partial charge in [-0.2, -0.15) is 0 Å². The number of esters is 4. The van der Waals surface area contributed by atoms with Gasteiger partial charge >= 0.3 is 39.5 Å². The van der Waals surface area contributed by atoms with Gasteiger partial charge in [-0.1, -0.05) is 330 Å². The van der Waals surface area contributed by atoms with E-state index in [1.54, 1.807) is 0 Å². The lowest BCUT2D eigenvalue weighted by molar-refractivity contribution is -0.161. The van der Waals surface area contributed by atoms with Crippen molar-refractivity contribution in [3.63, 3.8) is 0 Å². The van der Waals surface area contributed by atoms with Crippen LogP contribution in [-0.4, -0.2) is 96.7 Å². The summed E-state index contributed by atoms with van der Waals surface area (Å²) in [6.07, 6.45) is 53.9. The molecule has 0 heterocycles. The van der Waals surface area contributed by atoms with Crippen molar-refractivity contribution >= 4 is 39.5 Å². The Hall–Kier alpha value is -1.94. The highest BCUT2D eigenvalue weighted by Crippen LogP contribution is 2.45. The summed E-state index contributed by atoms with van der Waals surface area (Å²) in [5, 5.41) is 10.6. The van der Waals surface area contributed by atoms with Crippen LogP contribution < -0.4 is 0 Å². The maximum Gasteiger partial charge on any atom is 0.472 e. The van der Waals surface area contributed by atoms with Gasteiger partial charge in [0.2, 0.25) is 0 Å². The van der Waals surface area contributed by atoms with Gasteiger partial charge in [-0.3, -0.25) is 37.3 Å². The van der Waals surface area contributed by atoms with E-state index in [-0.39, 0.29) is 25.7 Å². The summed E-state index contributed by atoms with van der Waals surface area (Å²) in [4.78, 5) is 72.7. The standard InChI is InChI=1S/C73H142O17P2/c1-6-10-13-16-19-22-25-27-29-30-32-34-37-43-48-53-58-72(77)89-68(62-84-71(76)57-52-47-42-36-33-31-28-26-23-20-17-14-11-7-2)64-87-91(79,80)85-60-67(74)61-86-92(81,82)88-65-69(63-83-70(75)56-51-46-41-35-24-21-18-15-12-8-3)90-73(78)59-54-49-44-39-38-40-45-50-55-66(5)9-4/h66-69,74H,6-65H2,1-5H3,(H,79,80)(H,81,82)/t66?,67-,68-,69-/m1/s1. The highest BCUT2D eigenvalue weighted by molar-refractivity contribution is 7.47. The molecule has 3 unspecified atom stereocenters. The molecular formula is C73H142O17P2. The van der Waals surface area contributed by atoms with Crippen LogP contribution in [0.15, 0.2) is 0 Å². The van der Waals surface area contributed by atoms with Crippen LogP contribution in [0.4, 0.5) is 0 Å². The predicted molar refractivity (Wildman–Crippen MR) is 372 cm³/mol. The van der Waals surface area contributed by atoms with Gasteiger partial charge in [0.05, 0.1) is 26.4 Å². The van der Waals surface area contributed by atoms with E-state index < -0.39 is 97.5 Å². The second-order valence-corrected chi connectivity index (χ2v) is 29.5. The van der Waals surface area contributed by atoms with Crippen LogP contribution in [0.3, 0.4) is 0 Å². The number of ether oxygens (including phenoxy) is 4. The molecule has 0 saturated heterocycles. The molecule has 546 valence electrons. The van der Waals surface area contributed by atoms with Crippen LogP contribution in [-0.2, 0) is 65.4 Å². The average molecular weight is 1350 g/mol. The molecule has 17 nitrogen and oxygen atoms in total. The van der Waals surface area contributed by atoms with Crippen molar-refractivity contribution < 1.29 is 80.2 Å². The first-order chi connectivity index (χ1) is 44.6. The van der Waals surface area contributed by atoms with Crippen molar-refractivity contribution in [1.82, 2.24) is 0 Å². The van der Waals surface area contributed by atoms with Crippen molar-refractivity contribution in [2.24, 2.45) is 5.92 Å². The number of phosphoric ester groups is 2. The van der Waals surface area contributed by atoms with Crippen molar-refractivity contribution in [3.8, 4) is 0 Å². The summed E-state index contributed by atoms with van der Waals surface area (Å²) in [5.74, 6) is -1.35. The second-order valence-electron chi connectivity index (χ2n) is 26.6. The lowest BCUT2D eigenvalue weighted by atomic mass is 9.99. The molecule has 0 spiro atoms. The second kappa shape index (κ2) is 66.3. The molecule has 0 amide bonds. The number of aliphatic hydroxyl groups excluding tert-OH is 1. The monoisotopic (exact) mass is 1350 g/mol. The van der Waals surface area contributed by atoms with Gasteiger partial charge in [0.15, 0.2) is 12.2 Å². The summed E-state index contributed by atoms with van der Waals surface area (Å²) in [6.45, 7) is 7.27. The fourth-order valence-corrected chi connectivity index (χ4v) is 12.7. The molecule has 0 radical (unpaired) electrons. The van der Waals surface area contributed by atoms with E-state index in [0.717, 1.165) is 95.8 Å². The van der Waals surface area contributed by atoms with Crippen LogP contribution in [0.1, 0.15) is 381 Å². The van der Waals surface area contributed by atoms with Gasteiger partial charge in [0.1, 0.15) is 19.3 Å². The fraction of sp³-hybridized carbons (Fsp3) is 0.945. The normalized spacial score (nSPS) is 14.3. The Kier molecular flexibility index (Phi) is 64.9. The van der Waals surface area contributed by atoms with Crippen LogP contribution in [0.25, 0.3) is 0 Å². The van der Waals surface area contributed by atoms with E-state index in [4.69, 9.17) is 37.0 Å². The Bertz CT molecular complexity index is 1770. The molecule has 0 fully saturated rings. The third-order valence-electron chi connectivity index (χ3n) is 17.4. The van der Waals surface area contributed by atoms with E-state index in [1.165, 1.54) is 205 Å². The zero-order chi connectivity index (χ0) is 67.7. The molecule has 0 aliphatic heterocycles. The molecule has 3 N–H and O–H groups in total. The number of unbranched alkanes of at least 4 members (excludes halogenated alkanes) is 44. The van der Waals surface area contributed by atoms with E-state index in [1.807, 2.05) is 0 Å². The molecule has 0 rings (SSSR count). The summed E-state index contributed by atoms with van der Waals surface area (Å²) >= 11 is 0. The smallest absolute Gasteiger partial charge is 0.462 e. The maximum absolute atomic E-state index is 13.1.